The molecule has 0 heterocycles. The molecule has 0 aliphatic rings. The van der Waals surface area contributed by atoms with Crippen LogP contribution in [0.3, 0.4) is 0 Å². The lowest BCUT2D eigenvalue weighted by Crippen LogP contribution is -1.93. The number of rotatable bonds is 4. The summed E-state index contributed by atoms with van der Waals surface area (Å²) in [5, 5.41) is 0. The highest BCUT2D eigenvalue weighted by molar-refractivity contribution is 5.14. The lowest BCUT2D eigenvalue weighted by molar-refractivity contribution is 0.334. The molecule has 0 fully saturated rings. The highest BCUT2D eigenvalue weighted by Crippen LogP contribution is 2.07. The largest absolute Gasteiger partial charge is 0.248 e. The topological polar surface area (TPSA) is 0 Å². The van der Waals surface area contributed by atoms with Gasteiger partial charge in [0.15, 0.2) is 0 Å². The van der Waals surface area contributed by atoms with E-state index in [1.165, 1.54) is 5.56 Å². The maximum atomic E-state index is 12.4. The van der Waals surface area contributed by atoms with Gasteiger partial charge in [-0.05, 0) is 31.7 Å². The fourth-order valence-electron chi connectivity index (χ4n) is 1.23. The number of benzene rings is 1. The van der Waals surface area contributed by atoms with Crippen LogP contribution in [-0.2, 0) is 6.42 Å². The van der Waals surface area contributed by atoms with E-state index in [0.717, 1.165) is 12.8 Å². The SMILES string of the molecule is CC(F)CCCc1ccccc1. The Morgan fingerprint density at radius 3 is 2.50 bits per heavy atom. The van der Waals surface area contributed by atoms with E-state index in [1.54, 1.807) is 6.92 Å². The van der Waals surface area contributed by atoms with Crippen LogP contribution in [0.5, 0.6) is 0 Å². The standard InChI is InChI=1S/C11H15F/c1-10(12)6-5-9-11-7-3-2-4-8-11/h2-4,7-8,10H,5-6,9H2,1H3. The van der Waals surface area contributed by atoms with Gasteiger partial charge in [0, 0.05) is 0 Å². The summed E-state index contributed by atoms with van der Waals surface area (Å²) in [6.45, 7) is 1.62. The molecule has 0 bridgehead atoms. The fourth-order valence-corrected chi connectivity index (χ4v) is 1.23. The van der Waals surface area contributed by atoms with Gasteiger partial charge in [0.2, 0.25) is 0 Å². The Labute approximate surface area is 73.4 Å². The van der Waals surface area contributed by atoms with E-state index >= 15 is 0 Å². The Bertz CT molecular complexity index is 204. The molecule has 0 N–H and O–H groups in total. The van der Waals surface area contributed by atoms with Gasteiger partial charge in [-0.1, -0.05) is 30.3 Å². The Kier molecular flexibility index (Phi) is 3.78. The van der Waals surface area contributed by atoms with Gasteiger partial charge in [0.1, 0.15) is 0 Å². The molecular formula is C11H15F. The molecule has 0 aliphatic carbocycles. The van der Waals surface area contributed by atoms with Gasteiger partial charge in [-0.25, -0.2) is 4.39 Å². The predicted octanol–water partition coefficient (Wildman–Crippen LogP) is 3.37. The molecule has 12 heavy (non-hydrogen) atoms. The third-order valence-corrected chi connectivity index (χ3v) is 1.91. The highest BCUT2D eigenvalue weighted by atomic mass is 19.1. The normalized spacial score (nSPS) is 12.8. The molecule has 0 aromatic heterocycles. The molecule has 0 saturated heterocycles. The van der Waals surface area contributed by atoms with Gasteiger partial charge in [0.25, 0.3) is 0 Å². The smallest absolute Gasteiger partial charge is 0.0973 e. The zero-order chi connectivity index (χ0) is 8.81. The Morgan fingerprint density at radius 1 is 1.25 bits per heavy atom. The first-order valence-corrected chi connectivity index (χ1v) is 4.47. The van der Waals surface area contributed by atoms with E-state index < -0.39 is 6.17 Å². The second-order valence-electron chi connectivity index (χ2n) is 3.16. The van der Waals surface area contributed by atoms with E-state index in [-0.39, 0.29) is 0 Å². The molecule has 1 unspecified atom stereocenters. The summed E-state index contributed by atoms with van der Waals surface area (Å²) >= 11 is 0. The molecule has 0 nitrogen and oxygen atoms in total. The fraction of sp³-hybridized carbons (Fsp3) is 0.455. The van der Waals surface area contributed by atoms with Crippen molar-refractivity contribution in [3.8, 4) is 0 Å². The third kappa shape index (κ3) is 3.51. The molecular weight excluding hydrogens is 151 g/mol. The van der Waals surface area contributed by atoms with Gasteiger partial charge >= 0.3 is 0 Å². The average molecular weight is 166 g/mol. The minimum atomic E-state index is -0.659. The second kappa shape index (κ2) is 4.91. The van der Waals surface area contributed by atoms with Gasteiger partial charge in [0.05, 0.1) is 6.17 Å². The first-order valence-electron chi connectivity index (χ1n) is 4.47. The minimum Gasteiger partial charge on any atom is -0.248 e. The molecule has 0 spiro atoms. The lowest BCUT2D eigenvalue weighted by atomic mass is 10.1. The number of halogens is 1. The number of aryl methyl sites for hydroxylation is 1. The van der Waals surface area contributed by atoms with Crippen LogP contribution in [-0.4, -0.2) is 6.17 Å². The van der Waals surface area contributed by atoms with E-state index in [4.69, 9.17) is 0 Å². The van der Waals surface area contributed by atoms with Crippen LogP contribution in [0.4, 0.5) is 4.39 Å². The van der Waals surface area contributed by atoms with Gasteiger partial charge in [-0.3, -0.25) is 0 Å². The van der Waals surface area contributed by atoms with E-state index in [2.05, 4.69) is 12.1 Å². The minimum absolute atomic E-state index is 0.659. The third-order valence-electron chi connectivity index (χ3n) is 1.91. The Balaban J connectivity index is 2.25. The first kappa shape index (κ1) is 9.24. The zero-order valence-corrected chi connectivity index (χ0v) is 7.46. The van der Waals surface area contributed by atoms with E-state index in [0.29, 0.717) is 6.42 Å². The molecule has 0 amide bonds. The quantitative estimate of drug-likeness (QED) is 0.643. The van der Waals surface area contributed by atoms with Crippen LogP contribution in [0.25, 0.3) is 0 Å². The van der Waals surface area contributed by atoms with Crippen molar-refractivity contribution < 1.29 is 4.39 Å². The predicted molar refractivity (Wildman–Crippen MR) is 50.0 cm³/mol. The van der Waals surface area contributed by atoms with Crippen molar-refractivity contribution >= 4 is 0 Å². The second-order valence-corrected chi connectivity index (χ2v) is 3.16. The van der Waals surface area contributed by atoms with Crippen molar-refractivity contribution in [1.82, 2.24) is 0 Å². The maximum Gasteiger partial charge on any atom is 0.0973 e. The van der Waals surface area contributed by atoms with Gasteiger partial charge < -0.3 is 0 Å². The number of alkyl halides is 1. The highest BCUT2D eigenvalue weighted by Gasteiger charge is 1.97. The van der Waals surface area contributed by atoms with Crippen molar-refractivity contribution in [2.45, 2.75) is 32.4 Å². The summed E-state index contributed by atoms with van der Waals surface area (Å²) in [5.41, 5.74) is 1.30. The van der Waals surface area contributed by atoms with Crippen LogP contribution in [0.1, 0.15) is 25.3 Å². The van der Waals surface area contributed by atoms with Crippen LogP contribution >= 0.6 is 0 Å². The first-order chi connectivity index (χ1) is 5.79. The van der Waals surface area contributed by atoms with Crippen LogP contribution in [0.2, 0.25) is 0 Å². The van der Waals surface area contributed by atoms with Crippen LogP contribution in [0.15, 0.2) is 30.3 Å². The Morgan fingerprint density at radius 2 is 1.92 bits per heavy atom. The molecule has 0 radical (unpaired) electrons. The van der Waals surface area contributed by atoms with Gasteiger partial charge in [-0.15, -0.1) is 0 Å². The van der Waals surface area contributed by atoms with Crippen LogP contribution < -0.4 is 0 Å². The van der Waals surface area contributed by atoms with Crippen molar-refractivity contribution in [3.63, 3.8) is 0 Å². The van der Waals surface area contributed by atoms with Crippen molar-refractivity contribution in [2.75, 3.05) is 0 Å². The monoisotopic (exact) mass is 166 g/mol. The summed E-state index contributed by atoms with van der Waals surface area (Å²) in [6.07, 6.45) is 1.96. The molecule has 1 atom stereocenters. The molecule has 0 saturated carbocycles. The summed E-state index contributed by atoms with van der Waals surface area (Å²) in [6, 6.07) is 10.2. The zero-order valence-electron chi connectivity index (χ0n) is 7.46. The maximum absolute atomic E-state index is 12.4. The average Bonchev–Trinajstić information content (AvgIpc) is 2.05. The van der Waals surface area contributed by atoms with Crippen molar-refractivity contribution in [2.24, 2.45) is 0 Å². The summed E-state index contributed by atoms with van der Waals surface area (Å²) in [5.74, 6) is 0. The number of hydrogen-bond donors (Lipinski definition) is 0. The molecule has 1 heteroatoms. The molecule has 1 aromatic carbocycles. The number of hydrogen-bond acceptors (Lipinski definition) is 0. The van der Waals surface area contributed by atoms with Crippen molar-refractivity contribution in [1.29, 1.82) is 0 Å². The lowest BCUT2D eigenvalue weighted by Gasteiger charge is -2.01. The van der Waals surface area contributed by atoms with E-state index in [9.17, 15) is 4.39 Å². The van der Waals surface area contributed by atoms with Crippen molar-refractivity contribution in [3.05, 3.63) is 35.9 Å². The molecule has 1 aromatic rings. The van der Waals surface area contributed by atoms with Gasteiger partial charge in [-0.2, -0.15) is 0 Å². The molecule has 0 aliphatic heterocycles. The summed E-state index contributed by atoms with van der Waals surface area (Å²) in [4.78, 5) is 0. The molecule has 66 valence electrons. The summed E-state index contributed by atoms with van der Waals surface area (Å²) < 4.78 is 12.4. The van der Waals surface area contributed by atoms with E-state index in [1.807, 2.05) is 18.2 Å². The molecule has 1 rings (SSSR count). The van der Waals surface area contributed by atoms with Crippen LogP contribution in [0, 0.1) is 0 Å². The Hall–Kier alpha value is -0.850. The summed E-state index contributed by atoms with van der Waals surface area (Å²) in [7, 11) is 0.